The van der Waals surface area contributed by atoms with Crippen molar-refractivity contribution in [2.75, 3.05) is 9.80 Å². The fraction of sp³-hybridized carbons (Fsp3) is 0.229. The van der Waals surface area contributed by atoms with Crippen LogP contribution in [0.2, 0.25) is 0 Å². The van der Waals surface area contributed by atoms with E-state index in [1.165, 1.54) is 92.0 Å². The highest BCUT2D eigenvalue weighted by Gasteiger charge is 2.45. The first-order chi connectivity index (χ1) is 36.2. The minimum absolute atomic E-state index is 0.0173. The molecule has 0 bridgehead atoms. The summed E-state index contributed by atoms with van der Waals surface area (Å²) in [7, 11) is 0. The molecule has 0 unspecified atom stereocenters. The molecule has 3 aromatic heterocycles. The van der Waals surface area contributed by atoms with E-state index in [4.69, 9.17) is 4.42 Å². The van der Waals surface area contributed by atoms with Crippen molar-refractivity contribution in [1.29, 1.82) is 0 Å². The molecule has 4 nitrogen and oxygen atoms in total. The van der Waals surface area contributed by atoms with Gasteiger partial charge in [-0.25, -0.2) is 0 Å². The van der Waals surface area contributed by atoms with Crippen molar-refractivity contribution in [2.24, 2.45) is 0 Å². The normalized spacial score (nSPS) is 13.7. The van der Waals surface area contributed by atoms with E-state index >= 15 is 0 Å². The molecule has 0 aliphatic carbocycles. The Kier molecular flexibility index (Phi) is 9.89. The smallest absolute Gasteiger partial charge is 0.333 e. The number of hydrogen-bond donors (Lipinski definition) is 0. The lowest BCUT2D eigenvalue weighted by atomic mass is 9.44. The first-order valence-electron chi connectivity index (χ1n) is 27.2. The second-order valence-electron chi connectivity index (χ2n) is 25.8. The Morgan fingerprint density at radius 2 is 1.04 bits per heavy atom. The maximum absolute atomic E-state index is 7.03. The summed E-state index contributed by atoms with van der Waals surface area (Å²) in [5, 5.41) is 7.51. The quantitative estimate of drug-likeness (QED) is 0.164. The highest BCUT2D eigenvalue weighted by atomic mass is 32.1. The van der Waals surface area contributed by atoms with Gasteiger partial charge >= 0.3 is 6.85 Å². The van der Waals surface area contributed by atoms with Crippen LogP contribution in [-0.4, -0.2) is 11.3 Å². The van der Waals surface area contributed by atoms with E-state index < -0.39 is 0 Å². The molecule has 9 aromatic carbocycles. The van der Waals surface area contributed by atoms with Gasteiger partial charge in [0.25, 0.3) is 0 Å². The molecule has 0 spiro atoms. The molecular formula is C70H64BN3OS. The van der Waals surface area contributed by atoms with Gasteiger partial charge in [0.05, 0.1) is 5.69 Å². The predicted molar refractivity (Wildman–Crippen MR) is 330 cm³/mol. The van der Waals surface area contributed by atoms with Crippen LogP contribution in [0.5, 0.6) is 0 Å². The molecule has 0 saturated heterocycles. The third kappa shape index (κ3) is 6.95. The molecule has 76 heavy (non-hydrogen) atoms. The van der Waals surface area contributed by atoms with E-state index in [-0.39, 0.29) is 28.5 Å². The SMILES string of the molecule is CC(C)(C)c1ccc(N(c2ccc(C(C)(C)C)cc2)c2ccc3c(c2)B2c4c(cc5sc6ccccc6c5c4-c4cc(C(C)(C)C)cc5c6cc(C(C)(C)C)ccc6n2c45)N3c2cccc3c2oc2ccccc23)cc1. The Bertz CT molecular complexity index is 4330. The van der Waals surface area contributed by atoms with Crippen LogP contribution in [0.25, 0.3) is 75.0 Å². The Labute approximate surface area is 451 Å². The van der Waals surface area contributed by atoms with Gasteiger partial charge in [0.1, 0.15) is 5.58 Å². The van der Waals surface area contributed by atoms with Crippen molar-refractivity contribution in [1.82, 2.24) is 4.48 Å². The molecular weight excluding hydrogens is 942 g/mol. The molecule has 0 amide bonds. The zero-order valence-electron chi connectivity index (χ0n) is 45.9. The number of para-hydroxylation sites is 2. The van der Waals surface area contributed by atoms with Gasteiger partial charge in [0, 0.05) is 86.8 Å². The van der Waals surface area contributed by atoms with Gasteiger partial charge in [-0.05, 0) is 151 Å². The maximum atomic E-state index is 7.03. The second-order valence-corrected chi connectivity index (χ2v) is 26.9. The zero-order valence-corrected chi connectivity index (χ0v) is 46.7. The van der Waals surface area contributed by atoms with Gasteiger partial charge in [0.2, 0.25) is 0 Å². The van der Waals surface area contributed by atoms with E-state index in [0.29, 0.717) is 0 Å². The third-order valence-corrected chi connectivity index (χ3v) is 17.9. The van der Waals surface area contributed by atoms with Gasteiger partial charge in [0.15, 0.2) is 5.58 Å². The van der Waals surface area contributed by atoms with Crippen LogP contribution in [0.3, 0.4) is 0 Å². The van der Waals surface area contributed by atoms with Crippen LogP contribution >= 0.6 is 11.3 Å². The molecule has 14 rings (SSSR count). The summed E-state index contributed by atoms with van der Waals surface area (Å²) < 4.78 is 12.4. The Morgan fingerprint density at radius 3 is 1.71 bits per heavy atom. The first-order valence-corrected chi connectivity index (χ1v) is 28.0. The summed E-state index contributed by atoms with van der Waals surface area (Å²) in [6, 6.07) is 65.0. The standard InChI is InChI=1S/C70H64BN3OS/c1-67(2,3)41-24-29-45(30-25-41)72(46-31-26-42(27-32-46)68(4,5)6)47-33-35-56-54(39-47)71-64-58(73(56)57-21-17-20-49-48-18-13-15-22-59(48)75-66(49)57)40-61-62(50-19-14-16-23-60(50)76-61)63(64)53-38-44(70(10,11)12)37-52-51-36-43(69(7,8)9)28-34-55(51)74(71)65(52)53/h13-40H,1-12H3. The molecule has 0 atom stereocenters. The van der Waals surface area contributed by atoms with Gasteiger partial charge in [-0.15, -0.1) is 11.3 Å². The zero-order chi connectivity index (χ0) is 52.5. The van der Waals surface area contributed by atoms with Gasteiger partial charge in [-0.2, -0.15) is 0 Å². The lowest BCUT2D eigenvalue weighted by molar-refractivity contribution is 0.590. The fourth-order valence-corrected chi connectivity index (χ4v) is 13.8. The van der Waals surface area contributed by atoms with Crippen molar-refractivity contribution in [3.05, 3.63) is 192 Å². The molecule has 0 N–H and O–H groups in total. The average Bonchev–Trinajstić information content (AvgIpc) is 4.19. The lowest BCUT2D eigenvalue weighted by Gasteiger charge is -2.41. The van der Waals surface area contributed by atoms with Crippen LogP contribution in [-0.2, 0) is 21.7 Å². The van der Waals surface area contributed by atoms with Crippen molar-refractivity contribution >= 4 is 127 Å². The molecule has 0 fully saturated rings. The number of aromatic nitrogens is 1. The van der Waals surface area contributed by atoms with E-state index in [0.717, 1.165) is 50.4 Å². The predicted octanol–water partition coefficient (Wildman–Crippen LogP) is 19.1. The first kappa shape index (κ1) is 47.0. The molecule has 374 valence electrons. The highest BCUT2D eigenvalue weighted by molar-refractivity contribution is 7.26. The summed E-state index contributed by atoms with van der Waals surface area (Å²) >= 11 is 1.91. The topological polar surface area (TPSA) is 24.6 Å². The molecule has 2 aliphatic heterocycles. The molecule has 5 heterocycles. The molecule has 6 heteroatoms. The minimum atomic E-state index is -0.184. The summed E-state index contributed by atoms with van der Waals surface area (Å²) in [6.45, 7) is 27.7. The molecule has 2 aliphatic rings. The summed E-state index contributed by atoms with van der Waals surface area (Å²) in [6.07, 6.45) is 0. The Balaban J connectivity index is 1.15. The van der Waals surface area contributed by atoms with Gasteiger partial charge in [-0.3, -0.25) is 0 Å². The van der Waals surface area contributed by atoms with E-state index in [2.05, 4.69) is 267 Å². The Morgan fingerprint density at radius 1 is 0.447 bits per heavy atom. The molecule has 12 aromatic rings. The minimum Gasteiger partial charge on any atom is -0.454 e. The van der Waals surface area contributed by atoms with Gasteiger partial charge in [-0.1, -0.05) is 162 Å². The number of furan rings is 1. The van der Waals surface area contributed by atoms with Crippen molar-refractivity contribution in [3.8, 4) is 11.1 Å². The Hall–Kier alpha value is -7.54. The number of fused-ring (bicyclic) bond motifs is 14. The lowest BCUT2D eigenvalue weighted by Crippen LogP contribution is -2.56. The van der Waals surface area contributed by atoms with Crippen molar-refractivity contribution in [3.63, 3.8) is 0 Å². The van der Waals surface area contributed by atoms with Crippen LogP contribution in [0, 0.1) is 0 Å². The van der Waals surface area contributed by atoms with Crippen molar-refractivity contribution in [2.45, 2.75) is 105 Å². The van der Waals surface area contributed by atoms with E-state index in [1.54, 1.807) is 0 Å². The average molecular weight is 1010 g/mol. The van der Waals surface area contributed by atoms with E-state index in [1.807, 2.05) is 11.3 Å². The van der Waals surface area contributed by atoms with Crippen molar-refractivity contribution < 1.29 is 4.42 Å². The van der Waals surface area contributed by atoms with Crippen LogP contribution in [0.15, 0.2) is 174 Å². The number of benzene rings is 9. The fourth-order valence-electron chi connectivity index (χ4n) is 12.7. The van der Waals surface area contributed by atoms with Crippen LogP contribution in [0.4, 0.5) is 34.1 Å². The summed E-state index contributed by atoms with van der Waals surface area (Å²) in [4.78, 5) is 5.03. The maximum Gasteiger partial charge on any atom is 0.333 e. The number of thiophene rings is 1. The number of anilines is 6. The molecule has 0 radical (unpaired) electrons. The van der Waals surface area contributed by atoms with Crippen LogP contribution < -0.4 is 20.7 Å². The van der Waals surface area contributed by atoms with Gasteiger partial charge < -0.3 is 18.7 Å². The molecule has 0 saturated carbocycles. The highest BCUT2D eigenvalue weighted by Crippen LogP contribution is 2.53. The number of hydrogen-bond acceptors (Lipinski definition) is 4. The number of nitrogens with zero attached hydrogens (tertiary/aromatic N) is 3. The largest absolute Gasteiger partial charge is 0.454 e. The van der Waals surface area contributed by atoms with Crippen LogP contribution in [0.1, 0.15) is 105 Å². The van der Waals surface area contributed by atoms with E-state index in [9.17, 15) is 0 Å². The summed E-state index contributed by atoms with van der Waals surface area (Å²) in [5.74, 6) is 0. The second kappa shape index (κ2) is 16.0. The number of rotatable bonds is 4. The summed E-state index contributed by atoms with van der Waals surface area (Å²) in [5.41, 5.74) is 21.4. The monoisotopic (exact) mass is 1010 g/mol. The third-order valence-electron chi connectivity index (χ3n) is 16.8.